The molecule has 100 valence electrons. The van der Waals surface area contributed by atoms with Gasteiger partial charge in [-0.3, -0.25) is 4.98 Å². The lowest BCUT2D eigenvalue weighted by Crippen LogP contribution is -2.04. The van der Waals surface area contributed by atoms with Crippen LogP contribution in [0.2, 0.25) is 0 Å². The molecule has 0 aliphatic heterocycles. The maximum atomic E-state index is 13.8. The number of hydrogen-bond acceptors (Lipinski definition) is 4. The molecule has 0 aliphatic rings. The summed E-state index contributed by atoms with van der Waals surface area (Å²) in [7, 11) is 1.71. The van der Waals surface area contributed by atoms with Crippen molar-refractivity contribution in [3.05, 3.63) is 59.8 Å². The lowest BCUT2D eigenvalue weighted by Gasteiger charge is -2.07. The third-order valence-corrected chi connectivity index (χ3v) is 3.14. The molecule has 5 heteroatoms. The lowest BCUT2D eigenvalue weighted by molar-refractivity contribution is 0.597. The van der Waals surface area contributed by atoms with Crippen molar-refractivity contribution >= 4 is 16.9 Å². The van der Waals surface area contributed by atoms with Crippen LogP contribution in [0.15, 0.2) is 42.7 Å². The van der Waals surface area contributed by atoms with Crippen LogP contribution in [-0.2, 0) is 6.42 Å². The van der Waals surface area contributed by atoms with Crippen molar-refractivity contribution in [3.63, 3.8) is 0 Å². The van der Waals surface area contributed by atoms with Crippen molar-refractivity contribution in [1.82, 2.24) is 15.0 Å². The van der Waals surface area contributed by atoms with Gasteiger partial charge in [-0.15, -0.1) is 0 Å². The topological polar surface area (TPSA) is 50.7 Å². The summed E-state index contributed by atoms with van der Waals surface area (Å²) in [6.45, 7) is 0. The maximum absolute atomic E-state index is 13.8. The fourth-order valence-electron chi connectivity index (χ4n) is 2.14. The molecule has 20 heavy (non-hydrogen) atoms. The van der Waals surface area contributed by atoms with Crippen molar-refractivity contribution in [3.8, 4) is 0 Å². The fraction of sp³-hybridized carbons (Fsp3) is 0.133. The third kappa shape index (κ3) is 2.30. The first-order valence-electron chi connectivity index (χ1n) is 6.29. The summed E-state index contributed by atoms with van der Waals surface area (Å²) >= 11 is 0. The van der Waals surface area contributed by atoms with Gasteiger partial charge in [-0.2, -0.15) is 0 Å². The Morgan fingerprint density at radius 3 is 2.85 bits per heavy atom. The number of fused-ring (bicyclic) bond motifs is 1. The van der Waals surface area contributed by atoms with Gasteiger partial charge in [-0.05, 0) is 17.7 Å². The molecule has 2 heterocycles. The molecule has 0 radical (unpaired) electrons. The smallest absolute Gasteiger partial charge is 0.222 e. The van der Waals surface area contributed by atoms with Crippen molar-refractivity contribution in [2.45, 2.75) is 6.42 Å². The molecule has 1 N–H and O–H groups in total. The van der Waals surface area contributed by atoms with Crippen molar-refractivity contribution in [1.29, 1.82) is 0 Å². The molecule has 3 aromatic rings. The van der Waals surface area contributed by atoms with Gasteiger partial charge in [0.05, 0.1) is 17.4 Å². The number of rotatable bonds is 3. The average Bonchev–Trinajstić information content (AvgIpc) is 2.50. The predicted molar refractivity (Wildman–Crippen MR) is 76.1 cm³/mol. The second-order valence-corrected chi connectivity index (χ2v) is 4.40. The van der Waals surface area contributed by atoms with Gasteiger partial charge in [0, 0.05) is 25.1 Å². The molecule has 0 saturated carbocycles. The van der Waals surface area contributed by atoms with Gasteiger partial charge >= 0.3 is 0 Å². The van der Waals surface area contributed by atoms with Crippen LogP contribution in [0, 0.1) is 5.82 Å². The Labute approximate surface area is 115 Å². The molecule has 0 bridgehead atoms. The summed E-state index contributed by atoms with van der Waals surface area (Å²) in [6, 6.07) is 9.69. The van der Waals surface area contributed by atoms with E-state index in [2.05, 4.69) is 20.3 Å². The standard InChI is InChI=1S/C15H13FN4/c1-17-15-19-9-12(16)14(20-15)8-10-6-7-18-13-5-3-2-4-11(10)13/h2-7,9H,8H2,1H3,(H,17,19,20). The highest BCUT2D eigenvalue weighted by Gasteiger charge is 2.09. The van der Waals surface area contributed by atoms with E-state index in [1.165, 1.54) is 6.20 Å². The van der Waals surface area contributed by atoms with Crippen LogP contribution in [0.3, 0.4) is 0 Å². The Bertz CT molecular complexity index is 752. The monoisotopic (exact) mass is 268 g/mol. The van der Waals surface area contributed by atoms with Gasteiger partial charge in [0.25, 0.3) is 0 Å². The number of aromatic nitrogens is 3. The molecule has 0 aliphatic carbocycles. The molecule has 4 nitrogen and oxygen atoms in total. The van der Waals surface area contributed by atoms with Crippen LogP contribution in [0.25, 0.3) is 10.9 Å². The highest BCUT2D eigenvalue weighted by atomic mass is 19.1. The summed E-state index contributed by atoms with van der Waals surface area (Å²) in [4.78, 5) is 12.3. The van der Waals surface area contributed by atoms with E-state index in [1.807, 2.05) is 30.3 Å². The maximum Gasteiger partial charge on any atom is 0.222 e. The van der Waals surface area contributed by atoms with E-state index in [-0.39, 0.29) is 0 Å². The highest BCUT2D eigenvalue weighted by molar-refractivity contribution is 5.82. The minimum atomic E-state index is -0.398. The van der Waals surface area contributed by atoms with E-state index >= 15 is 0 Å². The number of anilines is 1. The molecule has 0 unspecified atom stereocenters. The number of pyridine rings is 1. The Morgan fingerprint density at radius 2 is 2.00 bits per heavy atom. The molecule has 0 fully saturated rings. The predicted octanol–water partition coefficient (Wildman–Crippen LogP) is 2.80. The van der Waals surface area contributed by atoms with E-state index in [1.54, 1.807) is 13.2 Å². The molecule has 0 atom stereocenters. The number of para-hydroxylation sites is 1. The summed E-state index contributed by atoms with van der Waals surface area (Å²) in [6.07, 6.45) is 3.33. The molecular weight excluding hydrogens is 255 g/mol. The zero-order chi connectivity index (χ0) is 13.9. The van der Waals surface area contributed by atoms with Crippen LogP contribution >= 0.6 is 0 Å². The third-order valence-electron chi connectivity index (χ3n) is 3.14. The first-order chi connectivity index (χ1) is 9.78. The average molecular weight is 268 g/mol. The molecule has 0 spiro atoms. The first kappa shape index (κ1) is 12.5. The Kier molecular flexibility index (Phi) is 3.25. The second-order valence-electron chi connectivity index (χ2n) is 4.40. The molecule has 0 amide bonds. The number of halogens is 1. The highest BCUT2D eigenvalue weighted by Crippen LogP contribution is 2.20. The van der Waals surface area contributed by atoms with Crippen molar-refractivity contribution < 1.29 is 4.39 Å². The van der Waals surface area contributed by atoms with E-state index in [0.29, 0.717) is 18.1 Å². The molecule has 0 saturated heterocycles. The number of benzene rings is 1. The van der Waals surface area contributed by atoms with E-state index < -0.39 is 5.82 Å². The zero-order valence-electron chi connectivity index (χ0n) is 11.0. The van der Waals surface area contributed by atoms with Gasteiger partial charge in [0.15, 0.2) is 5.82 Å². The van der Waals surface area contributed by atoms with Crippen LogP contribution in [0.5, 0.6) is 0 Å². The zero-order valence-corrected chi connectivity index (χ0v) is 11.0. The van der Waals surface area contributed by atoms with Crippen LogP contribution in [0.4, 0.5) is 10.3 Å². The number of hydrogen-bond donors (Lipinski definition) is 1. The molecule has 1 aromatic carbocycles. The van der Waals surface area contributed by atoms with E-state index in [4.69, 9.17) is 0 Å². The summed E-state index contributed by atoms with van der Waals surface area (Å²) < 4.78 is 13.8. The molecule has 3 rings (SSSR count). The van der Waals surface area contributed by atoms with Crippen molar-refractivity contribution in [2.75, 3.05) is 12.4 Å². The van der Waals surface area contributed by atoms with E-state index in [9.17, 15) is 4.39 Å². The summed E-state index contributed by atoms with van der Waals surface area (Å²) in [5.74, 6) is 0.0182. The molecular formula is C15H13FN4. The van der Waals surface area contributed by atoms with Crippen LogP contribution in [-0.4, -0.2) is 22.0 Å². The van der Waals surface area contributed by atoms with Gasteiger partial charge in [-0.1, -0.05) is 18.2 Å². The Balaban J connectivity index is 2.05. The quantitative estimate of drug-likeness (QED) is 0.793. The first-order valence-corrected chi connectivity index (χ1v) is 6.29. The van der Waals surface area contributed by atoms with Crippen LogP contribution < -0.4 is 5.32 Å². The SMILES string of the molecule is CNc1ncc(F)c(Cc2ccnc3ccccc23)n1. The number of nitrogens with one attached hydrogen (secondary N) is 1. The number of nitrogens with zero attached hydrogens (tertiary/aromatic N) is 3. The van der Waals surface area contributed by atoms with Gasteiger partial charge in [0.1, 0.15) is 0 Å². The normalized spacial score (nSPS) is 10.7. The van der Waals surface area contributed by atoms with Gasteiger partial charge in [0.2, 0.25) is 5.95 Å². The fourth-order valence-corrected chi connectivity index (χ4v) is 2.14. The second kappa shape index (κ2) is 5.21. The lowest BCUT2D eigenvalue weighted by atomic mass is 10.0. The van der Waals surface area contributed by atoms with Crippen molar-refractivity contribution in [2.24, 2.45) is 0 Å². The van der Waals surface area contributed by atoms with E-state index in [0.717, 1.165) is 16.5 Å². The minimum Gasteiger partial charge on any atom is -0.357 e. The molecule has 2 aromatic heterocycles. The minimum absolute atomic E-state index is 0.376. The van der Waals surface area contributed by atoms with Gasteiger partial charge < -0.3 is 5.32 Å². The Morgan fingerprint density at radius 1 is 1.15 bits per heavy atom. The summed E-state index contributed by atoms with van der Waals surface area (Å²) in [5.41, 5.74) is 2.27. The van der Waals surface area contributed by atoms with Gasteiger partial charge in [-0.25, -0.2) is 14.4 Å². The van der Waals surface area contributed by atoms with Crippen LogP contribution in [0.1, 0.15) is 11.3 Å². The Hall–Kier alpha value is -2.56. The summed E-state index contributed by atoms with van der Waals surface area (Å²) in [5, 5.41) is 3.83. The largest absolute Gasteiger partial charge is 0.357 e.